The molecule has 2 aliphatic heterocycles. The standard InChI is InChI=1S/C44H26O10/c1-23-19-28(29-12-18-38(24(2)20-29)52-40(46)31-11-17-35-37(22-31)44(50)54-42(35)48)9-15-33(23)27-5-3-25(4-6-27)26-7-13-32(14-8-26)51-39(45)30-10-16-34-36(21-30)43(49)53-41(34)47/h3-22H,1-2H3. The molecule has 8 rings (SSSR count). The molecule has 0 N–H and O–H groups in total. The Morgan fingerprint density at radius 2 is 0.833 bits per heavy atom. The van der Waals surface area contributed by atoms with Crippen LogP contribution < -0.4 is 9.47 Å². The molecule has 0 atom stereocenters. The summed E-state index contributed by atoms with van der Waals surface area (Å²) in [5.41, 5.74) is 8.31. The lowest BCUT2D eigenvalue weighted by Gasteiger charge is -2.13. The van der Waals surface area contributed by atoms with Gasteiger partial charge in [-0.2, -0.15) is 0 Å². The van der Waals surface area contributed by atoms with Gasteiger partial charge >= 0.3 is 35.8 Å². The predicted molar refractivity (Wildman–Crippen MR) is 195 cm³/mol. The molecule has 6 aromatic carbocycles. The fraction of sp³-hybridized carbons (Fsp3) is 0.0455. The maximum atomic E-state index is 12.9. The van der Waals surface area contributed by atoms with Gasteiger partial charge in [0, 0.05) is 0 Å². The van der Waals surface area contributed by atoms with Gasteiger partial charge in [-0.3, -0.25) is 0 Å². The number of rotatable bonds is 7. The van der Waals surface area contributed by atoms with E-state index in [4.69, 9.17) is 9.47 Å². The van der Waals surface area contributed by atoms with Gasteiger partial charge in [0.05, 0.1) is 33.4 Å². The average molecular weight is 715 g/mol. The van der Waals surface area contributed by atoms with Crippen LogP contribution in [0.2, 0.25) is 0 Å². The summed E-state index contributed by atoms with van der Waals surface area (Å²) < 4.78 is 20.3. The van der Waals surface area contributed by atoms with Gasteiger partial charge in [-0.05, 0) is 119 Å². The third kappa shape index (κ3) is 6.22. The molecule has 0 saturated heterocycles. The van der Waals surface area contributed by atoms with Crippen molar-refractivity contribution in [3.05, 3.63) is 166 Å². The molecule has 0 amide bonds. The highest BCUT2D eigenvalue weighted by atomic mass is 16.6. The number of hydrogen-bond donors (Lipinski definition) is 0. The first-order chi connectivity index (χ1) is 26.0. The van der Waals surface area contributed by atoms with Crippen molar-refractivity contribution in [3.63, 3.8) is 0 Å². The van der Waals surface area contributed by atoms with Gasteiger partial charge in [-0.15, -0.1) is 0 Å². The van der Waals surface area contributed by atoms with Gasteiger partial charge in [0.2, 0.25) is 0 Å². The molecule has 0 unspecified atom stereocenters. The summed E-state index contributed by atoms with van der Waals surface area (Å²) in [5.74, 6) is -3.69. The zero-order chi connectivity index (χ0) is 37.7. The van der Waals surface area contributed by atoms with Crippen LogP contribution in [0.15, 0.2) is 121 Å². The number of ether oxygens (including phenoxy) is 4. The fourth-order valence-corrected chi connectivity index (χ4v) is 6.42. The highest BCUT2D eigenvalue weighted by molar-refractivity contribution is 6.16. The Bertz CT molecular complexity index is 2620. The lowest BCUT2D eigenvalue weighted by atomic mass is 9.94. The number of carbonyl (C=O) groups excluding carboxylic acids is 6. The number of benzene rings is 6. The molecule has 10 nitrogen and oxygen atoms in total. The Balaban J connectivity index is 0.918. The number of esters is 6. The Labute approximate surface area is 307 Å². The second kappa shape index (κ2) is 13.3. The van der Waals surface area contributed by atoms with Crippen molar-refractivity contribution < 1.29 is 47.7 Å². The highest BCUT2D eigenvalue weighted by Crippen LogP contribution is 2.33. The minimum Gasteiger partial charge on any atom is -0.423 e. The van der Waals surface area contributed by atoms with Gasteiger partial charge in [0.15, 0.2) is 0 Å². The number of hydrogen-bond acceptors (Lipinski definition) is 10. The van der Waals surface area contributed by atoms with Crippen molar-refractivity contribution in [1.82, 2.24) is 0 Å². The second-order valence-electron chi connectivity index (χ2n) is 12.8. The molecule has 0 radical (unpaired) electrons. The molecule has 262 valence electrons. The molecule has 0 spiro atoms. The van der Waals surface area contributed by atoms with Crippen LogP contribution in [0.4, 0.5) is 0 Å². The first-order valence-electron chi connectivity index (χ1n) is 16.7. The normalized spacial score (nSPS) is 12.9. The third-order valence-corrected chi connectivity index (χ3v) is 9.29. The smallest absolute Gasteiger partial charge is 0.346 e. The van der Waals surface area contributed by atoms with E-state index in [-0.39, 0.29) is 33.4 Å². The van der Waals surface area contributed by atoms with Crippen LogP contribution >= 0.6 is 0 Å². The van der Waals surface area contributed by atoms with Crippen molar-refractivity contribution in [2.45, 2.75) is 13.8 Å². The zero-order valence-electron chi connectivity index (χ0n) is 28.6. The monoisotopic (exact) mass is 714 g/mol. The van der Waals surface area contributed by atoms with Crippen LogP contribution in [0.3, 0.4) is 0 Å². The summed E-state index contributed by atoms with van der Waals surface area (Å²) in [6.45, 7) is 3.89. The summed E-state index contributed by atoms with van der Waals surface area (Å²) in [5, 5.41) is 0. The lowest BCUT2D eigenvalue weighted by Crippen LogP contribution is -2.10. The van der Waals surface area contributed by atoms with Gasteiger partial charge in [-0.25, -0.2) is 28.8 Å². The van der Waals surface area contributed by atoms with Gasteiger partial charge in [0.25, 0.3) is 0 Å². The number of cyclic esters (lactones) is 4. The molecular formula is C44H26O10. The van der Waals surface area contributed by atoms with Crippen molar-refractivity contribution in [1.29, 1.82) is 0 Å². The van der Waals surface area contributed by atoms with E-state index < -0.39 is 35.8 Å². The van der Waals surface area contributed by atoms with E-state index in [9.17, 15) is 28.8 Å². The van der Waals surface area contributed by atoms with E-state index in [0.717, 1.165) is 44.5 Å². The molecule has 0 bridgehead atoms. The molecule has 0 aliphatic carbocycles. The Morgan fingerprint density at radius 1 is 0.407 bits per heavy atom. The Kier molecular flexibility index (Phi) is 8.27. The third-order valence-electron chi connectivity index (χ3n) is 9.29. The SMILES string of the molecule is Cc1cc(-c2ccc(-c3ccc(-c4ccc(OC(=O)c5ccc6c(c5)C(=O)OC6=O)cc4)cc3)c(C)c2)ccc1OC(=O)c1ccc2c(c1)C(=O)OC2=O. The minimum absolute atomic E-state index is 0.0361. The topological polar surface area (TPSA) is 139 Å². The van der Waals surface area contributed by atoms with Crippen LogP contribution in [0, 0.1) is 13.8 Å². The van der Waals surface area contributed by atoms with Crippen LogP contribution in [-0.2, 0) is 9.47 Å². The number of aryl methyl sites for hydroxylation is 2. The van der Waals surface area contributed by atoms with Crippen LogP contribution in [0.1, 0.15) is 73.3 Å². The van der Waals surface area contributed by atoms with E-state index in [0.29, 0.717) is 11.5 Å². The van der Waals surface area contributed by atoms with Crippen molar-refractivity contribution >= 4 is 35.8 Å². The molecule has 54 heavy (non-hydrogen) atoms. The average Bonchev–Trinajstić information content (AvgIpc) is 3.63. The van der Waals surface area contributed by atoms with Crippen molar-refractivity contribution in [2.24, 2.45) is 0 Å². The summed E-state index contributed by atoms with van der Waals surface area (Å²) in [7, 11) is 0. The molecule has 0 aromatic heterocycles. The molecule has 0 fully saturated rings. The van der Waals surface area contributed by atoms with E-state index >= 15 is 0 Å². The number of carbonyl (C=O) groups is 6. The summed E-state index contributed by atoms with van der Waals surface area (Å²) in [6, 6.07) is 35.1. The largest absolute Gasteiger partial charge is 0.423 e. The van der Waals surface area contributed by atoms with Crippen LogP contribution in [0.25, 0.3) is 33.4 Å². The Hall–Kier alpha value is -7.46. The van der Waals surface area contributed by atoms with E-state index in [1.165, 1.54) is 36.4 Å². The van der Waals surface area contributed by atoms with Crippen LogP contribution in [-0.4, -0.2) is 35.8 Å². The molecule has 2 aliphatic rings. The fourth-order valence-electron chi connectivity index (χ4n) is 6.42. The summed E-state index contributed by atoms with van der Waals surface area (Å²) >= 11 is 0. The first kappa shape index (κ1) is 33.7. The van der Waals surface area contributed by atoms with Crippen molar-refractivity contribution in [2.75, 3.05) is 0 Å². The minimum atomic E-state index is -0.792. The van der Waals surface area contributed by atoms with Gasteiger partial charge in [0.1, 0.15) is 11.5 Å². The maximum Gasteiger partial charge on any atom is 0.346 e. The van der Waals surface area contributed by atoms with Gasteiger partial charge < -0.3 is 18.9 Å². The molecular weight excluding hydrogens is 688 g/mol. The van der Waals surface area contributed by atoms with Crippen LogP contribution in [0.5, 0.6) is 11.5 Å². The van der Waals surface area contributed by atoms with Gasteiger partial charge in [-0.1, -0.05) is 60.7 Å². The molecule has 0 saturated carbocycles. The first-order valence-corrected chi connectivity index (χ1v) is 16.7. The summed E-state index contributed by atoms with van der Waals surface area (Å²) in [6.07, 6.45) is 0. The molecule has 6 aromatic rings. The lowest BCUT2D eigenvalue weighted by molar-refractivity contribution is 0.0425. The highest BCUT2D eigenvalue weighted by Gasteiger charge is 2.32. The van der Waals surface area contributed by atoms with E-state index in [1.54, 1.807) is 18.2 Å². The zero-order valence-corrected chi connectivity index (χ0v) is 28.6. The number of fused-ring (bicyclic) bond motifs is 2. The maximum absolute atomic E-state index is 12.9. The molecule has 2 heterocycles. The predicted octanol–water partition coefficient (Wildman–Crippen LogP) is 8.36. The van der Waals surface area contributed by atoms with Crippen molar-refractivity contribution in [3.8, 4) is 44.9 Å². The van der Waals surface area contributed by atoms with E-state index in [2.05, 4.69) is 21.6 Å². The van der Waals surface area contributed by atoms with E-state index in [1.807, 2.05) is 68.4 Å². The second-order valence-corrected chi connectivity index (χ2v) is 12.8. The quantitative estimate of drug-likeness (QED) is 0.0900. The molecule has 10 heteroatoms. The summed E-state index contributed by atoms with van der Waals surface area (Å²) in [4.78, 5) is 72.7. The Morgan fingerprint density at radius 3 is 1.37 bits per heavy atom.